The molecule has 122 valence electrons. The molecule has 4 aliphatic carbocycles. The molecule has 0 aliphatic heterocycles. The Morgan fingerprint density at radius 2 is 1.64 bits per heavy atom. The highest BCUT2D eigenvalue weighted by molar-refractivity contribution is 5.86. The van der Waals surface area contributed by atoms with Gasteiger partial charge in [-0.05, 0) is 66.6 Å². The van der Waals surface area contributed by atoms with Crippen LogP contribution in [-0.2, 0) is 9.59 Å². The first kappa shape index (κ1) is 14.9. The molecule has 4 fully saturated rings. The van der Waals surface area contributed by atoms with Crippen molar-refractivity contribution >= 4 is 11.6 Å². The molecule has 22 heavy (non-hydrogen) atoms. The highest BCUT2D eigenvalue weighted by Crippen LogP contribution is 2.66. The second-order valence-corrected chi connectivity index (χ2v) is 9.38. The van der Waals surface area contributed by atoms with Crippen LogP contribution in [0.3, 0.4) is 0 Å². The van der Waals surface area contributed by atoms with Crippen LogP contribution in [0.25, 0.3) is 0 Å². The molecule has 4 aliphatic rings. The molecular weight excluding hydrogens is 272 g/mol. The van der Waals surface area contributed by atoms with E-state index < -0.39 is 0 Å². The van der Waals surface area contributed by atoms with Gasteiger partial charge < -0.3 is 0 Å². The minimum atomic E-state index is 0.250. The molecule has 4 saturated carbocycles. The lowest BCUT2D eigenvalue weighted by Gasteiger charge is -2.59. The zero-order valence-electron chi connectivity index (χ0n) is 14.4. The maximum absolute atomic E-state index is 13.0. The molecule has 0 aromatic carbocycles. The van der Waals surface area contributed by atoms with Gasteiger partial charge in [-0.1, -0.05) is 20.8 Å². The Morgan fingerprint density at radius 3 is 2.41 bits per heavy atom. The van der Waals surface area contributed by atoms with E-state index in [-0.39, 0.29) is 5.41 Å². The first-order valence-electron chi connectivity index (χ1n) is 9.40. The first-order chi connectivity index (χ1) is 10.4. The molecule has 0 aromatic rings. The SMILES string of the molecule is C[C@H]1CC[C@H]2[C@@H]3C(=O)CC4CC(=O)CC[C@]4(C)[C@H]3CC[C@]12C. The molecule has 0 saturated heterocycles. The lowest BCUT2D eigenvalue weighted by Crippen LogP contribution is -2.56. The normalized spacial score (nSPS) is 54.6. The summed E-state index contributed by atoms with van der Waals surface area (Å²) in [5.74, 6) is 3.48. The third-order valence-corrected chi connectivity index (χ3v) is 8.76. The summed E-state index contributed by atoms with van der Waals surface area (Å²) in [6.07, 6.45) is 8.21. The van der Waals surface area contributed by atoms with Gasteiger partial charge in [-0.25, -0.2) is 0 Å². The van der Waals surface area contributed by atoms with E-state index in [1.807, 2.05) is 0 Å². The van der Waals surface area contributed by atoms with Crippen molar-refractivity contribution in [1.29, 1.82) is 0 Å². The molecule has 0 spiro atoms. The van der Waals surface area contributed by atoms with E-state index >= 15 is 0 Å². The van der Waals surface area contributed by atoms with E-state index in [2.05, 4.69) is 20.8 Å². The summed E-state index contributed by atoms with van der Waals surface area (Å²) in [7, 11) is 0. The van der Waals surface area contributed by atoms with Crippen LogP contribution in [0.1, 0.15) is 72.1 Å². The molecule has 0 radical (unpaired) electrons. The Hall–Kier alpha value is -0.660. The number of Topliss-reactive ketones (excluding diaryl/α,β-unsaturated/α-hetero) is 2. The summed E-state index contributed by atoms with van der Waals surface area (Å²) < 4.78 is 0. The van der Waals surface area contributed by atoms with Gasteiger partial charge in [0.1, 0.15) is 11.6 Å². The fourth-order valence-electron chi connectivity index (χ4n) is 6.99. The van der Waals surface area contributed by atoms with E-state index in [1.54, 1.807) is 0 Å². The third kappa shape index (κ3) is 1.79. The summed E-state index contributed by atoms with van der Waals surface area (Å²) in [5, 5.41) is 0. The van der Waals surface area contributed by atoms with Gasteiger partial charge >= 0.3 is 0 Å². The fourth-order valence-corrected chi connectivity index (χ4v) is 6.99. The molecule has 0 aromatic heterocycles. The molecule has 4 rings (SSSR count). The van der Waals surface area contributed by atoms with Crippen molar-refractivity contribution < 1.29 is 9.59 Å². The molecule has 1 unspecified atom stereocenters. The summed E-state index contributed by atoms with van der Waals surface area (Å²) >= 11 is 0. The molecule has 0 N–H and O–H groups in total. The van der Waals surface area contributed by atoms with Crippen LogP contribution in [0, 0.1) is 40.4 Å². The van der Waals surface area contributed by atoms with Crippen LogP contribution < -0.4 is 0 Å². The number of carbonyl (C=O) groups is 2. The average molecular weight is 302 g/mol. The summed E-state index contributed by atoms with van der Waals surface area (Å²) in [6, 6.07) is 0. The fraction of sp³-hybridized carbons (Fsp3) is 0.900. The molecule has 2 heteroatoms. The van der Waals surface area contributed by atoms with Crippen LogP contribution in [0.15, 0.2) is 0 Å². The van der Waals surface area contributed by atoms with Gasteiger partial charge in [0.2, 0.25) is 0 Å². The monoisotopic (exact) mass is 302 g/mol. The minimum Gasteiger partial charge on any atom is -0.300 e. The molecule has 0 bridgehead atoms. The van der Waals surface area contributed by atoms with E-state index in [0.29, 0.717) is 53.5 Å². The summed E-state index contributed by atoms with van der Waals surface area (Å²) in [4.78, 5) is 24.9. The maximum Gasteiger partial charge on any atom is 0.136 e. The lowest BCUT2D eigenvalue weighted by molar-refractivity contribution is -0.158. The predicted octanol–water partition coefficient (Wildman–Crippen LogP) is 4.41. The minimum absolute atomic E-state index is 0.250. The van der Waals surface area contributed by atoms with Crippen molar-refractivity contribution in [3.8, 4) is 0 Å². The van der Waals surface area contributed by atoms with Crippen molar-refractivity contribution in [1.82, 2.24) is 0 Å². The Morgan fingerprint density at radius 1 is 0.909 bits per heavy atom. The zero-order valence-corrected chi connectivity index (χ0v) is 14.4. The topological polar surface area (TPSA) is 34.1 Å². The molecule has 2 nitrogen and oxygen atoms in total. The van der Waals surface area contributed by atoms with Crippen LogP contribution in [0.2, 0.25) is 0 Å². The lowest BCUT2D eigenvalue weighted by atomic mass is 9.44. The standard InChI is InChI=1S/C20H30O2/c1-12-4-5-15-18-16(7-9-19(12,15)2)20(3)8-6-14(21)10-13(20)11-17(18)22/h12-13,15-16,18H,4-11H2,1-3H3/t12-,13?,15-,16-,18-,19+,20-/m0/s1. The van der Waals surface area contributed by atoms with Crippen molar-refractivity contribution in [2.45, 2.75) is 72.1 Å². The molecule has 0 heterocycles. The van der Waals surface area contributed by atoms with Gasteiger partial charge in [-0.15, -0.1) is 0 Å². The number of carbonyl (C=O) groups excluding carboxylic acids is 2. The van der Waals surface area contributed by atoms with E-state index in [1.165, 1.54) is 25.7 Å². The predicted molar refractivity (Wildman–Crippen MR) is 86.3 cm³/mol. The maximum atomic E-state index is 13.0. The van der Waals surface area contributed by atoms with E-state index in [9.17, 15) is 9.59 Å². The van der Waals surface area contributed by atoms with Gasteiger partial charge in [0.25, 0.3) is 0 Å². The smallest absolute Gasteiger partial charge is 0.136 e. The van der Waals surface area contributed by atoms with E-state index in [4.69, 9.17) is 0 Å². The van der Waals surface area contributed by atoms with Gasteiger partial charge in [0, 0.05) is 25.2 Å². The van der Waals surface area contributed by atoms with Crippen LogP contribution >= 0.6 is 0 Å². The molecule has 0 amide bonds. The zero-order chi connectivity index (χ0) is 15.7. The van der Waals surface area contributed by atoms with Crippen LogP contribution in [0.5, 0.6) is 0 Å². The number of fused-ring (bicyclic) bond motifs is 5. The number of ketones is 2. The average Bonchev–Trinajstić information content (AvgIpc) is 2.77. The van der Waals surface area contributed by atoms with Crippen molar-refractivity contribution in [2.75, 3.05) is 0 Å². The Kier molecular flexibility index (Phi) is 3.17. The van der Waals surface area contributed by atoms with Crippen LogP contribution in [-0.4, -0.2) is 11.6 Å². The van der Waals surface area contributed by atoms with Gasteiger partial charge in [-0.3, -0.25) is 9.59 Å². The Bertz CT molecular complexity index is 524. The third-order valence-electron chi connectivity index (χ3n) is 8.76. The highest BCUT2D eigenvalue weighted by atomic mass is 16.1. The largest absolute Gasteiger partial charge is 0.300 e. The molecule has 7 atom stereocenters. The second kappa shape index (κ2) is 4.68. The Balaban J connectivity index is 1.70. The number of hydrogen-bond donors (Lipinski definition) is 0. The number of rotatable bonds is 0. The second-order valence-electron chi connectivity index (χ2n) is 9.38. The van der Waals surface area contributed by atoms with Gasteiger partial charge in [-0.2, -0.15) is 0 Å². The molecular formula is C20H30O2. The van der Waals surface area contributed by atoms with E-state index in [0.717, 1.165) is 18.8 Å². The van der Waals surface area contributed by atoms with Gasteiger partial charge in [0.05, 0.1) is 0 Å². The van der Waals surface area contributed by atoms with Crippen molar-refractivity contribution in [2.24, 2.45) is 40.4 Å². The van der Waals surface area contributed by atoms with Crippen LogP contribution in [0.4, 0.5) is 0 Å². The van der Waals surface area contributed by atoms with Crippen molar-refractivity contribution in [3.63, 3.8) is 0 Å². The van der Waals surface area contributed by atoms with Crippen molar-refractivity contribution in [3.05, 3.63) is 0 Å². The number of hydrogen-bond acceptors (Lipinski definition) is 2. The summed E-state index contributed by atoms with van der Waals surface area (Å²) in [6.45, 7) is 7.27. The quantitative estimate of drug-likeness (QED) is 0.664. The van der Waals surface area contributed by atoms with Gasteiger partial charge in [0.15, 0.2) is 0 Å². The first-order valence-corrected chi connectivity index (χ1v) is 9.40. The Labute approximate surface area is 134 Å². The highest BCUT2D eigenvalue weighted by Gasteiger charge is 2.61. The summed E-state index contributed by atoms with van der Waals surface area (Å²) in [5.41, 5.74) is 0.643.